The Balaban J connectivity index is 2.01. The molecule has 4 heteroatoms. The fourth-order valence-corrected chi connectivity index (χ4v) is 2.27. The van der Waals surface area contributed by atoms with Crippen molar-refractivity contribution in [3.8, 4) is 17.1 Å². The minimum Gasteiger partial charge on any atom is -0.494 e. The molecule has 0 atom stereocenters. The quantitative estimate of drug-likeness (QED) is 0.566. The topological polar surface area (TPSA) is 39.4 Å². The lowest BCUT2D eigenvalue weighted by atomic mass is 10.1. The van der Waals surface area contributed by atoms with Crippen molar-refractivity contribution in [2.75, 3.05) is 18.6 Å². The number of ether oxygens (including phenoxy) is 1. The van der Waals surface area contributed by atoms with Crippen LogP contribution < -0.4 is 4.74 Å². The molecule has 106 valence electrons. The van der Waals surface area contributed by atoms with Gasteiger partial charge in [-0.25, -0.2) is 0 Å². The van der Waals surface area contributed by atoms with Crippen LogP contribution in [0.25, 0.3) is 11.3 Å². The first-order valence-electron chi connectivity index (χ1n) is 6.52. The Morgan fingerprint density at radius 3 is 2.65 bits per heavy atom. The van der Waals surface area contributed by atoms with E-state index in [1.165, 1.54) is 0 Å². The van der Waals surface area contributed by atoms with Gasteiger partial charge in [0, 0.05) is 5.56 Å². The number of hydrogen-bond acceptors (Lipinski definition) is 4. The van der Waals surface area contributed by atoms with Gasteiger partial charge in [0.25, 0.3) is 0 Å². The first-order chi connectivity index (χ1) is 9.74. The Morgan fingerprint density at radius 2 is 2.05 bits per heavy atom. The van der Waals surface area contributed by atoms with E-state index in [0.717, 1.165) is 36.4 Å². The molecule has 0 fully saturated rings. The van der Waals surface area contributed by atoms with E-state index in [9.17, 15) is 4.79 Å². The highest BCUT2D eigenvalue weighted by molar-refractivity contribution is 7.98. The monoisotopic (exact) mass is 290 g/mol. The van der Waals surface area contributed by atoms with E-state index >= 15 is 0 Å². The molecule has 0 aliphatic carbocycles. The van der Waals surface area contributed by atoms with Crippen molar-refractivity contribution in [3.63, 3.8) is 0 Å². The van der Waals surface area contributed by atoms with Crippen LogP contribution >= 0.6 is 11.8 Å². The molecule has 1 aromatic carbocycles. The first kappa shape index (κ1) is 14.7. The summed E-state index contributed by atoms with van der Waals surface area (Å²) in [5, 5.41) is 0. The van der Waals surface area contributed by atoms with E-state index in [1.807, 2.05) is 36.0 Å². The second kappa shape index (κ2) is 7.20. The molecule has 2 rings (SSSR count). The van der Waals surface area contributed by atoms with Crippen molar-refractivity contribution in [2.24, 2.45) is 0 Å². The smallest absolute Gasteiger partial charge is 0.153 e. The highest BCUT2D eigenvalue weighted by Crippen LogP contribution is 2.26. The van der Waals surface area contributed by atoms with Gasteiger partial charge in [-0.1, -0.05) is 0 Å². The Labute approximate surface area is 123 Å². The van der Waals surface area contributed by atoms with Crippen LogP contribution in [0.3, 0.4) is 0 Å². The van der Waals surface area contributed by atoms with E-state index in [4.69, 9.17) is 9.15 Å². The Bertz CT molecular complexity index is 558. The summed E-state index contributed by atoms with van der Waals surface area (Å²) < 4.78 is 11.2. The lowest BCUT2D eigenvalue weighted by Crippen LogP contribution is -1.98. The summed E-state index contributed by atoms with van der Waals surface area (Å²) >= 11 is 1.82. The van der Waals surface area contributed by atoms with Crippen molar-refractivity contribution in [3.05, 3.63) is 41.7 Å². The van der Waals surface area contributed by atoms with Gasteiger partial charge in [0.15, 0.2) is 6.29 Å². The largest absolute Gasteiger partial charge is 0.494 e. The molecular formula is C16H18O3S. The highest BCUT2D eigenvalue weighted by Gasteiger charge is 2.08. The zero-order valence-electron chi connectivity index (χ0n) is 11.7. The third-order valence-electron chi connectivity index (χ3n) is 2.98. The summed E-state index contributed by atoms with van der Waals surface area (Å²) in [6.07, 6.45) is 3.95. The minimum atomic E-state index is 0.595. The molecule has 0 aliphatic heterocycles. The van der Waals surface area contributed by atoms with Gasteiger partial charge in [0.2, 0.25) is 0 Å². The number of rotatable bonds is 7. The number of thioether (sulfide) groups is 1. The second-order valence-corrected chi connectivity index (χ2v) is 5.44. The fourth-order valence-electron chi connectivity index (χ4n) is 1.86. The van der Waals surface area contributed by atoms with Crippen molar-refractivity contribution >= 4 is 18.0 Å². The number of furan rings is 1. The van der Waals surface area contributed by atoms with Crippen LogP contribution in [-0.4, -0.2) is 24.9 Å². The van der Waals surface area contributed by atoms with Crippen LogP contribution in [0.5, 0.6) is 5.75 Å². The molecule has 1 heterocycles. The zero-order chi connectivity index (χ0) is 14.4. The third kappa shape index (κ3) is 3.67. The fraction of sp³-hybridized carbons (Fsp3) is 0.312. The summed E-state index contributed by atoms with van der Waals surface area (Å²) in [7, 11) is 0. The average Bonchev–Trinajstić information content (AvgIpc) is 2.85. The minimum absolute atomic E-state index is 0.595. The molecular weight excluding hydrogens is 272 g/mol. The van der Waals surface area contributed by atoms with Gasteiger partial charge in [0.1, 0.15) is 17.3 Å². The molecule has 20 heavy (non-hydrogen) atoms. The molecule has 3 nitrogen and oxygen atoms in total. The van der Waals surface area contributed by atoms with Crippen molar-refractivity contribution in [1.82, 2.24) is 0 Å². The molecule has 0 aliphatic rings. The number of hydrogen-bond donors (Lipinski definition) is 0. The summed E-state index contributed by atoms with van der Waals surface area (Å²) in [6, 6.07) is 9.49. The van der Waals surface area contributed by atoms with Gasteiger partial charge in [-0.15, -0.1) is 0 Å². The molecule has 0 unspecified atom stereocenters. The van der Waals surface area contributed by atoms with Crippen LogP contribution in [0.4, 0.5) is 0 Å². The first-order valence-corrected chi connectivity index (χ1v) is 7.91. The third-order valence-corrected chi connectivity index (χ3v) is 3.68. The number of carbonyl (C=O) groups excluding carboxylic acids is 1. The van der Waals surface area contributed by atoms with Crippen LogP contribution in [0.15, 0.2) is 34.7 Å². The molecule has 2 aromatic rings. The second-order valence-electron chi connectivity index (χ2n) is 4.46. The maximum absolute atomic E-state index is 10.8. The number of carbonyl (C=O) groups is 1. The molecule has 1 aromatic heterocycles. The predicted octanol–water partition coefficient (Wildman–Crippen LogP) is 4.20. The maximum atomic E-state index is 10.8. The van der Waals surface area contributed by atoms with Crippen molar-refractivity contribution in [1.29, 1.82) is 0 Å². The van der Waals surface area contributed by atoms with Gasteiger partial charge in [-0.05, 0) is 55.7 Å². The average molecular weight is 290 g/mol. The molecule has 0 spiro atoms. The Hall–Kier alpha value is -1.68. The Morgan fingerprint density at radius 1 is 1.30 bits per heavy atom. The van der Waals surface area contributed by atoms with Gasteiger partial charge in [-0.3, -0.25) is 4.79 Å². The molecule has 0 saturated carbocycles. The number of benzene rings is 1. The van der Waals surface area contributed by atoms with Crippen molar-refractivity contribution in [2.45, 2.75) is 13.3 Å². The standard InChI is InChI=1S/C16H18O3S/c1-12-14(11-17)10-16(19-12)13-4-6-15(7-5-13)18-8-3-9-20-2/h4-7,10-11H,3,8-9H2,1-2H3. The summed E-state index contributed by atoms with van der Waals surface area (Å²) in [6.45, 7) is 2.52. The van der Waals surface area contributed by atoms with Crippen LogP contribution in [0.2, 0.25) is 0 Å². The molecule has 0 bridgehead atoms. The van der Waals surface area contributed by atoms with Gasteiger partial charge in [-0.2, -0.15) is 11.8 Å². The van der Waals surface area contributed by atoms with Gasteiger partial charge in [0.05, 0.1) is 12.2 Å². The molecule has 0 radical (unpaired) electrons. The summed E-state index contributed by atoms with van der Waals surface area (Å²) in [5.74, 6) is 3.32. The Kier molecular flexibility index (Phi) is 5.30. The van der Waals surface area contributed by atoms with E-state index in [1.54, 1.807) is 13.0 Å². The normalized spacial score (nSPS) is 10.5. The number of aryl methyl sites for hydroxylation is 1. The zero-order valence-corrected chi connectivity index (χ0v) is 12.5. The van der Waals surface area contributed by atoms with Crippen LogP contribution in [0, 0.1) is 6.92 Å². The summed E-state index contributed by atoms with van der Waals surface area (Å²) in [4.78, 5) is 10.8. The SMILES string of the molecule is CSCCCOc1ccc(-c2cc(C=O)c(C)o2)cc1. The van der Waals surface area contributed by atoms with Crippen LogP contribution in [-0.2, 0) is 0 Å². The van der Waals surface area contributed by atoms with E-state index < -0.39 is 0 Å². The van der Waals surface area contributed by atoms with E-state index in [0.29, 0.717) is 17.1 Å². The van der Waals surface area contributed by atoms with Gasteiger partial charge < -0.3 is 9.15 Å². The van der Waals surface area contributed by atoms with E-state index in [-0.39, 0.29) is 0 Å². The lowest BCUT2D eigenvalue weighted by molar-refractivity contribution is 0.112. The predicted molar refractivity (Wildman–Crippen MR) is 82.8 cm³/mol. The van der Waals surface area contributed by atoms with Gasteiger partial charge >= 0.3 is 0 Å². The molecule has 0 N–H and O–H groups in total. The van der Waals surface area contributed by atoms with Crippen molar-refractivity contribution < 1.29 is 13.9 Å². The summed E-state index contributed by atoms with van der Waals surface area (Å²) in [5.41, 5.74) is 1.54. The maximum Gasteiger partial charge on any atom is 0.153 e. The van der Waals surface area contributed by atoms with Crippen LogP contribution in [0.1, 0.15) is 22.5 Å². The lowest BCUT2D eigenvalue weighted by Gasteiger charge is -2.06. The van der Waals surface area contributed by atoms with E-state index in [2.05, 4.69) is 6.26 Å². The number of aldehydes is 1. The highest BCUT2D eigenvalue weighted by atomic mass is 32.2. The molecule has 0 amide bonds. The molecule has 0 saturated heterocycles.